The van der Waals surface area contributed by atoms with Crippen LogP contribution in [0.3, 0.4) is 0 Å². The molecule has 1 heterocycles. The van der Waals surface area contributed by atoms with E-state index in [1.165, 1.54) is 30.3 Å². The number of aromatic amines is 1. The van der Waals surface area contributed by atoms with Gasteiger partial charge < -0.3 is 4.74 Å². The molecule has 0 aliphatic heterocycles. The van der Waals surface area contributed by atoms with Crippen molar-refractivity contribution in [3.63, 3.8) is 0 Å². The molecule has 0 spiro atoms. The van der Waals surface area contributed by atoms with E-state index < -0.39 is 41.8 Å². The average molecular weight is 533 g/mol. The quantitative estimate of drug-likeness (QED) is 0.473. The van der Waals surface area contributed by atoms with Crippen molar-refractivity contribution in [2.24, 2.45) is 0 Å². The van der Waals surface area contributed by atoms with Crippen molar-refractivity contribution in [1.29, 1.82) is 5.26 Å². The Hall–Kier alpha value is -3.10. The van der Waals surface area contributed by atoms with Crippen LogP contribution in [0.1, 0.15) is 16.7 Å². The van der Waals surface area contributed by atoms with Gasteiger partial charge in [-0.25, -0.2) is 9.18 Å². The Kier molecular flexibility index (Phi) is 6.76. The van der Waals surface area contributed by atoms with E-state index in [0.29, 0.717) is 0 Å². The molecule has 0 radical (unpaired) electrons. The highest BCUT2D eigenvalue weighted by atomic mass is 79.9. The largest absolute Gasteiger partial charge is 0.453 e. The van der Waals surface area contributed by atoms with Gasteiger partial charge in [0, 0.05) is 22.3 Å². The molecule has 1 aromatic heterocycles. The molecule has 32 heavy (non-hydrogen) atoms. The summed E-state index contributed by atoms with van der Waals surface area (Å²) in [6.45, 7) is -0.477. The molecule has 1 N–H and O–H groups in total. The molecule has 3 aromatic rings. The van der Waals surface area contributed by atoms with Crippen molar-refractivity contribution in [2.75, 3.05) is 0 Å². The maximum atomic E-state index is 15.2. The van der Waals surface area contributed by atoms with Gasteiger partial charge >= 0.3 is 11.9 Å². The van der Waals surface area contributed by atoms with Gasteiger partial charge in [0.1, 0.15) is 5.75 Å². The van der Waals surface area contributed by atoms with Crippen molar-refractivity contribution in [3.05, 3.63) is 89.4 Å². The lowest BCUT2D eigenvalue weighted by Crippen LogP contribution is -2.33. The fraction of sp³-hybridized carbons (Fsp3) is 0.150. The molecule has 0 fully saturated rings. The zero-order valence-corrected chi connectivity index (χ0v) is 18.1. The van der Waals surface area contributed by atoms with E-state index in [1.807, 2.05) is 6.07 Å². The second-order valence-electron chi connectivity index (χ2n) is 6.57. The minimum atomic E-state index is -4.67. The molecule has 6 nitrogen and oxygen atoms in total. The van der Waals surface area contributed by atoms with Crippen LogP contribution < -0.4 is 16.0 Å². The van der Waals surface area contributed by atoms with Crippen LogP contribution in [0, 0.1) is 17.1 Å². The highest BCUT2D eigenvalue weighted by molar-refractivity contribution is 9.10. The molecule has 0 saturated carbocycles. The van der Waals surface area contributed by atoms with Crippen molar-refractivity contribution in [1.82, 2.24) is 9.55 Å². The number of nitriles is 1. The summed E-state index contributed by atoms with van der Waals surface area (Å²) in [5, 5.41) is 9.22. The second-order valence-corrected chi connectivity index (χ2v) is 7.86. The maximum Gasteiger partial charge on any atom is 0.393 e. The van der Waals surface area contributed by atoms with E-state index in [-0.39, 0.29) is 32.1 Å². The third-order valence-corrected chi connectivity index (χ3v) is 5.01. The van der Waals surface area contributed by atoms with E-state index >= 15 is 4.39 Å². The number of ether oxygens (including phenoxy) is 1. The molecule has 0 amide bonds. The number of H-pyrrole nitrogens is 1. The Morgan fingerprint density at radius 3 is 2.56 bits per heavy atom. The fourth-order valence-corrected chi connectivity index (χ4v) is 3.40. The van der Waals surface area contributed by atoms with Gasteiger partial charge in [-0.05, 0) is 40.2 Å². The number of alkyl halides is 3. The van der Waals surface area contributed by atoms with Crippen LogP contribution in [0.4, 0.5) is 17.6 Å². The monoisotopic (exact) mass is 531 g/mol. The van der Waals surface area contributed by atoms with Crippen LogP contribution in [0.15, 0.2) is 50.6 Å². The number of rotatable bonds is 5. The van der Waals surface area contributed by atoms with Gasteiger partial charge in [-0.2, -0.15) is 18.4 Å². The first-order valence-corrected chi connectivity index (χ1v) is 9.89. The van der Waals surface area contributed by atoms with E-state index in [9.17, 15) is 22.8 Å². The van der Waals surface area contributed by atoms with Crippen molar-refractivity contribution in [2.45, 2.75) is 19.1 Å². The van der Waals surface area contributed by atoms with Gasteiger partial charge in [0.05, 0.1) is 29.1 Å². The third-order valence-electron chi connectivity index (χ3n) is 4.17. The second kappa shape index (κ2) is 9.18. The van der Waals surface area contributed by atoms with Crippen LogP contribution in [0.25, 0.3) is 0 Å². The first-order valence-electron chi connectivity index (χ1n) is 8.71. The average Bonchev–Trinajstić information content (AvgIpc) is 2.69. The number of benzene rings is 2. The summed E-state index contributed by atoms with van der Waals surface area (Å²) < 4.78 is 59.7. The summed E-state index contributed by atoms with van der Waals surface area (Å²) in [5.41, 5.74) is -2.78. The first-order chi connectivity index (χ1) is 15.0. The van der Waals surface area contributed by atoms with E-state index in [4.69, 9.17) is 21.6 Å². The highest BCUT2D eigenvalue weighted by Crippen LogP contribution is 2.35. The number of hydrogen-bond donors (Lipinski definition) is 1. The zero-order chi connectivity index (χ0) is 23.6. The third kappa shape index (κ3) is 5.57. The van der Waals surface area contributed by atoms with Crippen LogP contribution in [0.5, 0.6) is 11.5 Å². The summed E-state index contributed by atoms with van der Waals surface area (Å²) >= 11 is 9.06. The Morgan fingerprint density at radius 1 is 1.19 bits per heavy atom. The number of aromatic nitrogens is 2. The lowest BCUT2D eigenvalue weighted by atomic mass is 10.2. The summed E-state index contributed by atoms with van der Waals surface area (Å²) in [6, 6.07) is 8.67. The van der Waals surface area contributed by atoms with E-state index in [0.717, 1.165) is 10.8 Å². The molecule has 0 saturated heterocycles. The van der Waals surface area contributed by atoms with Gasteiger partial charge in [0.25, 0.3) is 5.56 Å². The summed E-state index contributed by atoms with van der Waals surface area (Å²) in [4.78, 5) is 25.5. The minimum absolute atomic E-state index is 0.0690. The number of nitrogens with one attached hydrogen (secondary N) is 1. The molecule has 0 atom stereocenters. The topological polar surface area (TPSA) is 87.9 Å². The van der Waals surface area contributed by atoms with E-state index in [1.54, 1.807) is 4.98 Å². The Labute approximate surface area is 190 Å². The van der Waals surface area contributed by atoms with Gasteiger partial charge in [-0.3, -0.25) is 14.3 Å². The smallest absolute Gasteiger partial charge is 0.393 e. The molecule has 12 heteroatoms. The molecule has 0 bridgehead atoms. The Bertz CT molecular complexity index is 1350. The van der Waals surface area contributed by atoms with Gasteiger partial charge in [0.2, 0.25) is 0 Å². The lowest BCUT2D eigenvalue weighted by molar-refractivity contribution is -0.127. The predicted molar refractivity (Wildman–Crippen MR) is 111 cm³/mol. The van der Waals surface area contributed by atoms with Crippen LogP contribution in [0.2, 0.25) is 5.02 Å². The molecule has 0 aliphatic rings. The minimum Gasteiger partial charge on any atom is -0.453 e. The number of hydrogen-bond acceptors (Lipinski definition) is 4. The zero-order valence-electron chi connectivity index (χ0n) is 15.8. The SMILES string of the molecule is N#Cc1cc(Cl)cc(Oc2c(Br)ccc(Cn3cc(CC(F)(F)F)c(=O)[nH]c3=O)c2F)c1. The Morgan fingerprint density at radius 2 is 1.91 bits per heavy atom. The van der Waals surface area contributed by atoms with Crippen LogP contribution in [-0.4, -0.2) is 15.7 Å². The lowest BCUT2D eigenvalue weighted by Gasteiger charge is -2.14. The van der Waals surface area contributed by atoms with Crippen molar-refractivity contribution in [3.8, 4) is 17.6 Å². The van der Waals surface area contributed by atoms with Crippen LogP contribution in [-0.2, 0) is 13.0 Å². The fourth-order valence-electron chi connectivity index (χ4n) is 2.79. The molecular formula is C20H11BrClF4N3O3. The predicted octanol–water partition coefficient (Wildman–Crippen LogP) is 4.91. The molecule has 166 valence electrons. The summed E-state index contributed by atoms with van der Waals surface area (Å²) in [7, 11) is 0. The van der Waals surface area contributed by atoms with Gasteiger partial charge in [-0.15, -0.1) is 0 Å². The van der Waals surface area contributed by atoms with Crippen LogP contribution >= 0.6 is 27.5 Å². The van der Waals surface area contributed by atoms with Crippen molar-refractivity contribution >= 4 is 27.5 Å². The first kappa shape index (κ1) is 23.6. The maximum absolute atomic E-state index is 15.2. The van der Waals surface area contributed by atoms with Gasteiger partial charge in [0.15, 0.2) is 11.6 Å². The molecule has 3 rings (SSSR count). The molecule has 2 aromatic carbocycles. The highest BCUT2D eigenvalue weighted by Gasteiger charge is 2.29. The molecule has 0 unspecified atom stereocenters. The Balaban J connectivity index is 1.99. The number of halogens is 6. The number of nitrogens with zero attached hydrogens (tertiary/aromatic N) is 2. The van der Waals surface area contributed by atoms with E-state index in [2.05, 4.69) is 15.9 Å². The summed E-state index contributed by atoms with van der Waals surface area (Å²) in [6.07, 6.45) is -5.47. The van der Waals surface area contributed by atoms with Crippen molar-refractivity contribution < 1.29 is 22.3 Å². The van der Waals surface area contributed by atoms with Gasteiger partial charge in [-0.1, -0.05) is 17.7 Å². The molecular weight excluding hydrogens is 522 g/mol. The standard InChI is InChI=1S/C20H11BrClF4N3O3/c21-15-2-1-11(8-29-9-12(6-20(24,25)26)18(30)28-19(29)31)16(23)17(15)32-14-4-10(7-27)3-13(22)5-14/h1-5,9H,6,8H2,(H,28,30,31). The molecule has 0 aliphatic carbocycles. The summed E-state index contributed by atoms with van der Waals surface area (Å²) in [5.74, 6) is -1.13. The normalized spacial score (nSPS) is 11.3.